The molecule has 1 aromatic carbocycles. The van der Waals surface area contributed by atoms with E-state index >= 15 is 0 Å². The first-order valence-electron chi connectivity index (χ1n) is 6.88. The van der Waals surface area contributed by atoms with Crippen molar-refractivity contribution in [1.82, 2.24) is 10.1 Å². The highest BCUT2D eigenvalue weighted by atomic mass is 19.1. The fourth-order valence-electron chi connectivity index (χ4n) is 2.92. The van der Waals surface area contributed by atoms with Crippen LogP contribution >= 0.6 is 0 Å². The van der Waals surface area contributed by atoms with E-state index in [1.54, 1.807) is 13.0 Å². The Kier molecular flexibility index (Phi) is 3.45. The van der Waals surface area contributed by atoms with Gasteiger partial charge >= 0.3 is 5.97 Å². The molecule has 21 heavy (non-hydrogen) atoms. The van der Waals surface area contributed by atoms with Crippen LogP contribution in [0, 0.1) is 18.7 Å². The molecule has 0 radical (unpaired) electrons. The third-order valence-electron chi connectivity index (χ3n) is 3.89. The first-order valence-corrected chi connectivity index (χ1v) is 6.88. The van der Waals surface area contributed by atoms with Gasteiger partial charge < -0.3 is 9.63 Å². The van der Waals surface area contributed by atoms with E-state index in [4.69, 9.17) is 4.52 Å². The number of aromatic nitrogens is 2. The Morgan fingerprint density at radius 1 is 1.38 bits per heavy atom. The smallest absolute Gasteiger partial charge is 0.307 e. The molecule has 1 fully saturated rings. The van der Waals surface area contributed by atoms with Gasteiger partial charge in [-0.05, 0) is 43.5 Å². The summed E-state index contributed by atoms with van der Waals surface area (Å²) in [6, 6.07) is 4.52. The summed E-state index contributed by atoms with van der Waals surface area (Å²) in [5.41, 5.74) is 1.30. The fraction of sp³-hybridized carbons (Fsp3) is 0.400. The van der Waals surface area contributed by atoms with Crippen molar-refractivity contribution in [1.29, 1.82) is 0 Å². The predicted octanol–water partition coefficient (Wildman–Crippen LogP) is 3.15. The third-order valence-corrected chi connectivity index (χ3v) is 3.89. The van der Waals surface area contributed by atoms with E-state index in [9.17, 15) is 14.3 Å². The van der Waals surface area contributed by atoms with Crippen LogP contribution in [0.3, 0.4) is 0 Å². The molecule has 3 rings (SSSR count). The highest BCUT2D eigenvalue weighted by molar-refractivity contribution is 5.71. The molecule has 1 aliphatic rings. The largest absolute Gasteiger partial charge is 0.481 e. The molecule has 110 valence electrons. The Morgan fingerprint density at radius 2 is 2.19 bits per heavy atom. The summed E-state index contributed by atoms with van der Waals surface area (Å²) in [6.07, 6.45) is 2.18. The summed E-state index contributed by atoms with van der Waals surface area (Å²) in [5.74, 6) is -1.30. The number of hydrogen-bond acceptors (Lipinski definition) is 4. The Hall–Kier alpha value is -2.24. The summed E-state index contributed by atoms with van der Waals surface area (Å²) in [4.78, 5) is 15.5. The second-order valence-corrected chi connectivity index (χ2v) is 5.46. The minimum absolute atomic E-state index is 0.251. The monoisotopic (exact) mass is 290 g/mol. The molecule has 6 heteroatoms. The van der Waals surface area contributed by atoms with Crippen molar-refractivity contribution in [2.75, 3.05) is 0 Å². The topological polar surface area (TPSA) is 76.2 Å². The molecule has 0 spiro atoms. The van der Waals surface area contributed by atoms with Crippen molar-refractivity contribution in [3.05, 3.63) is 35.5 Å². The first kappa shape index (κ1) is 13.7. The van der Waals surface area contributed by atoms with Gasteiger partial charge in [-0.2, -0.15) is 4.98 Å². The molecule has 0 saturated heterocycles. The van der Waals surface area contributed by atoms with Crippen LogP contribution in [-0.2, 0) is 4.79 Å². The SMILES string of the molecule is Cc1cc(F)cc(-c2noc(C3CCCC3C(=O)O)n2)c1. The van der Waals surface area contributed by atoms with Gasteiger partial charge in [-0.25, -0.2) is 4.39 Å². The number of carboxylic acid groups (broad SMARTS) is 1. The Morgan fingerprint density at radius 3 is 2.90 bits per heavy atom. The maximum absolute atomic E-state index is 13.4. The number of hydrogen-bond donors (Lipinski definition) is 1. The molecule has 2 unspecified atom stereocenters. The van der Waals surface area contributed by atoms with Gasteiger partial charge in [0.25, 0.3) is 0 Å². The van der Waals surface area contributed by atoms with Gasteiger partial charge in [0.2, 0.25) is 11.7 Å². The van der Waals surface area contributed by atoms with Crippen LogP contribution in [0.1, 0.15) is 36.6 Å². The van der Waals surface area contributed by atoms with E-state index in [0.29, 0.717) is 23.7 Å². The zero-order chi connectivity index (χ0) is 15.0. The molecular weight excluding hydrogens is 275 g/mol. The summed E-state index contributed by atoms with van der Waals surface area (Å²) in [7, 11) is 0. The molecule has 1 aromatic heterocycles. The number of aryl methyl sites for hydroxylation is 1. The van der Waals surface area contributed by atoms with Crippen LogP contribution in [0.25, 0.3) is 11.4 Å². The van der Waals surface area contributed by atoms with Gasteiger partial charge in [-0.3, -0.25) is 4.79 Å². The number of benzene rings is 1. The number of rotatable bonds is 3. The minimum atomic E-state index is -0.834. The molecule has 2 aromatic rings. The van der Waals surface area contributed by atoms with Crippen LogP contribution in [-0.4, -0.2) is 21.2 Å². The summed E-state index contributed by atoms with van der Waals surface area (Å²) < 4.78 is 18.6. The minimum Gasteiger partial charge on any atom is -0.481 e. The molecule has 2 atom stereocenters. The van der Waals surface area contributed by atoms with E-state index < -0.39 is 11.9 Å². The molecule has 1 aliphatic carbocycles. The summed E-state index contributed by atoms with van der Waals surface area (Å²) in [5, 5.41) is 13.1. The lowest BCUT2D eigenvalue weighted by atomic mass is 9.96. The Bertz CT molecular complexity index is 663. The van der Waals surface area contributed by atoms with E-state index in [1.807, 2.05) is 0 Å². The van der Waals surface area contributed by atoms with Crippen LogP contribution in [0.4, 0.5) is 4.39 Å². The molecule has 1 saturated carbocycles. The van der Waals surface area contributed by atoms with E-state index in [0.717, 1.165) is 18.4 Å². The van der Waals surface area contributed by atoms with E-state index in [1.165, 1.54) is 12.1 Å². The summed E-state index contributed by atoms with van der Waals surface area (Å²) >= 11 is 0. The quantitative estimate of drug-likeness (QED) is 0.939. The van der Waals surface area contributed by atoms with Crippen LogP contribution < -0.4 is 0 Å². The molecule has 5 nitrogen and oxygen atoms in total. The fourth-order valence-corrected chi connectivity index (χ4v) is 2.92. The normalized spacial score (nSPS) is 21.6. The lowest BCUT2D eigenvalue weighted by molar-refractivity contribution is -0.142. The number of halogens is 1. The van der Waals surface area contributed by atoms with Crippen LogP contribution in [0.5, 0.6) is 0 Å². The van der Waals surface area contributed by atoms with Gasteiger partial charge in [0.15, 0.2) is 0 Å². The van der Waals surface area contributed by atoms with Crippen molar-refractivity contribution in [3.8, 4) is 11.4 Å². The average Bonchev–Trinajstić information content (AvgIpc) is 3.06. The lowest BCUT2D eigenvalue weighted by Crippen LogP contribution is -2.17. The molecule has 1 N–H and O–H groups in total. The van der Waals surface area contributed by atoms with Gasteiger partial charge in [0.05, 0.1) is 11.8 Å². The number of nitrogens with zero attached hydrogens (tertiary/aromatic N) is 2. The molecule has 1 heterocycles. The van der Waals surface area contributed by atoms with Gasteiger partial charge in [0.1, 0.15) is 5.82 Å². The second kappa shape index (κ2) is 5.27. The van der Waals surface area contributed by atoms with Crippen molar-refractivity contribution in [3.63, 3.8) is 0 Å². The first-order chi connectivity index (χ1) is 10.0. The van der Waals surface area contributed by atoms with Crippen LogP contribution in [0.2, 0.25) is 0 Å². The molecule has 0 amide bonds. The van der Waals surface area contributed by atoms with E-state index in [-0.39, 0.29) is 11.7 Å². The highest BCUT2D eigenvalue weighted by Gasteiger charge is 2.37. The van der Waals surface area contributed by atoms with Crippen molar-refractivity contribution >= 4 is 5.97 Å². The van der Waals surface area contributed by atoms with Crippen molar-refractivity contribution in [2.45, 2.75) is 32.1 Å². The highest BCUT2D eigenvalue weighted by Crippen LogP contribution is 2.39. The zero-order valence-electron chi connectivity index (χ0n) is 11.5. The summed E-state index contributed by atoms with van der Waals surface area (Å²) in [6.45, 7) is 1.78. The average molecular weight is 290 g/mol. The van der Waals surface area contributed by atoms with Crippen molar-refractivity contribution < 1.29 is 18.8 Å². The van der Waals surface area contributed by atoms with E-state index in [2.05, 4.69) is 10.1 Å². The maximum Gasteiger partial charge on any atom is 0.307 e. The van der Waals surface area contributed by atoms with Crippen LogP contribution in [0.15, 0.2) is 22.7 Å². The predicted molar refractivity (Wildman–Crippen MR) is 72.1 cm³/mol. The number of carbonyl (C=O) groups is 1. The molecular formula is C15H15FN2O3. The lowest BCUT2D eigenvalue weighted by Gasteiger charge is -2.10. The Labute approximate surface area is 120 Å². The van der Waals surface area contributed by atoms with Gasteiger partial charge in [-0.15, -0.1) is 0 Å². The zero-order valence-corrected chi connectivity index (χ0v) is 11.5. The second-order valence-electron chi connectivity index (χ2n) is 5.46. The number of carboxylic acids is 1. The standard InChI is InChI=1S/C15H15FN2O3/c1-8-5-9(7-10(16)6-8)13-17-14(21-18-13)11-3-2-4-12(11)15(19)20/h5-7,11-12H,2-4H2,1H3,(H,19,20). The molecule has 0 bridgehead atoms. The molecule has 0 aliphatic heterocycles. The van der Waals surface area contributed by atoms with Crippen molar-refractivity contribution in [2.24, 2.45) is 5.92 Å². The third kappa shape index (κ3) is 2.66. The van der Waals surface area contributed by atoms with Gasteiger partial charge in [-0.1, -0.05) is 11.6 Å². The Balaban J connectivity index is 1.91. The van der Waals surface area contributed by atoms with Gasteiger partial charge in [0, 0.05) is 5.56 Å². The maximum atomic E-state index is 13.4. The number of aliphatic carboxylic acids is 1.